The maximum atomic E-state index is 9.18. The molecule has 0 atom stereocenters. The molecule has 0 aliphatic carbocycles. The standard InChI is InChI=1S/C10H18N4O/c1-8(2)3-14-10(11-7-12-14)6-13-4-9(15)5-13/h7-9,15H,3-6H2,1-2H3. The lowest BCUT2D eigenvalue weighted by Crippen LogP contribution is -2.50. The lowest BCUT2D eigenvalue weighted by atomic mass is 10.2. The van der Waals surface area contributed by atoms with Gasteiger partial charge < -0.3 is 5.11 Å². The molecule has 1 aliphatic heterocycles. The minimum atomic E-state index is -0.147. The molecular formula is C10H18N4O. The van der Waals surface area contributed by atoms with E-state index in [0.29, 0.717) is 5.92 Å². The molecule has 0 amide bonds. The molecule has 0 unspecified atom stereocenters. The quantitative estimate of drug-likeness (QED) is 0.766. The zero-order valence-corrected chi connectivity index (χ0v) is 9.30. The average molecular weight is 210 g/mol. The molecule has 5 heteroatoms. The van der Waals surface area contributed by atoms with Gasteiger partial charge in [-0.25, -0.2) is 9.67 Å². The van der Waals surface area contributed by atoms with Crippen LogP contribution < -0.4 is 0 Å². The SMILES string of the molecule is CC(C)Cn1ncnc1CN1CC(O)C1. The van der Waals surface area contributed by atoms with Gasteiger partial charge in [-0.2, -0.15) is 5.10 Å². The largest absolute Gasteiger partial charge is 0.390 e. The van der Waals surface area contributed by atoms with Gasteiger partial charge in [-0.3, -0.25) is 4.90 Å². The number of rotatable bonds is 4. The van der Waals surface area contributed by atoms with Gasteiger partial charge in [0.15, 0.2) is 0 Å². The maximum absolute atomic E-state index is 9.18. The van der Waals surface area contributed by atoms with Gasteiger partial charge in [-0.1, -0.05) is 13.8 Å². The highest BCUT2D eigenvalue weighted by molar-refractivity contribution is 4.89. The number of aliphatic hydroxyl groups is 1. The first-order valence-electron chi connectivity index (χ1n) is 5.42. The Morgan fingerprint density at radius 3 is 2.87 bits per heavy atom. The fourth-order valence-electron chi connectivity index (χ4n) is 1.78. The normalized spacial score (nSPS) is 18.4. The van der Waals surface area contributed by atoms with Crippen LogP contribution in [0, 0.1) is 5.92 Å². The van der Waals surface area contributed by atoms with E-state index in [2.05, 4.69) is 28.8 Å². The number of likely N-dealkylation sites (tertiary alicyclic amines) is 1. The van der Waals surface area contributed by atoms with Gasteiger partial charge in [-0.15, -0.1) is 0 Å². The molecule has 2 heterocycles. The molecule has 1 saturated heterocycles. The first kappa shape index (κ1) is 10.6. The zero-order chi connectivity index (χ0) is 10.8. The summed E-state index contributed by atoms with van der Waals surface area (Å²) in [5.74, 6) is 1.57. The maximum Gasteiger partial charge on any atom is 0.141 e. The number of hydrogen-bond acceptors (Lipinski definition) is 4. The predicted molar refractivity (Wildman–Crippen MR) is 56.1 cm³/mol. The van der Waals surface area contributed by atoms with Crippen LogP contribution in [0.2, 0.25) is 0 Å². The van der Waals surface area contributed by atoms with E-state index < -0.39 is 0 Å². The van der Waals surface area contributed by atoms with Gasteiger partial charge in [0.25, 0.3) is 0 Å². The van der Waals surface area contributed by atoms with Gasteiger partial charge in [-0.05, 0) is 5.92 Å². The second-order valence-electron chi connectivity index (χ2n) is 4.60. The lowest BCUT2D eigenvalue weighted by molar-refractivity contribution is -0.00510. The predicted octanol–water partition coefficient (Wildman–Crippen LogP) is 0.111. The third-order valence-electron chi connectivity index (χ3n) is 2.54. The number of hydrogen-bond donors (Lipinski definition) is 1. The number of nitrogens with zero attached hydrogens (tertiary/aromatic N) is 4. The molecule has 1 aromatic heterocycles. The van der Waals surface area contributed by atoms with Crippen molar-refractivity contribution in [1.29, 1.82) is 0 Å². The Balaban J connectivity index is 1.93. The molecule has 0 bridgehead atoms. The van der Waals surface area contributed by atoms with Crippen molar-refractivity contribution < 1.29 is 5.11 Å². The fraction of sp³-hybridized carbons (Fsp3) is 0.800. The van der Waals surface area contributed by atoms with Crippen LogP contribution in [0.5, 0.6) is 0 Å². The summed E-state index contributed by atoms with van der Waals surface area (Å²) >= 11 is 0. The molecule has 2 rings (SSSR count). The second kappa shape index (κ2) is 4.28. The fourth-order valence-corrected chi connectivity index (χ4v) is 1.78. The minimum absolute atomic E-state index is 0.147. The van der Waals surface area contributed by atoms with Crippen molar-refractivity contribution in [2.24, 2.45) is 5.92 Å². The number of β-amino-alcohol motifs (C(OH)–C–C–N with tert-alkyl or cyclic N) is 1. The average Bonchev–Trinajstić information content (AvgIpc) is 2.49. The van der Waals surface area contributed by atoms with E-state index in [9.17, 15) is 5.11 Å². The molecule has 0 spiro atoms. The smallest absolute Gasteiger partial charge is 0.141 e. The van der Waals surface area contributed by atoms with Crippen LogP contribution in [0.3, 0.4) is 0 Å². The third-order valence-corrected chi connectivity index (χ3v) is 2.54. The first-order valence-corrected chi connectivity index (χ1v) is 5.42. The van der Waals surface area contributed by atoms with E-state index >= 15 is 0 Å². The Kier molecular flexibility index (Phi) is 3.02. The molecule has 0 saturated carbocycles. The molecule has 84 valence electrons. The van der Waals surface area contributed by atoms with Crippen molar-refractivity contribution in [3.63, 3.8) is 0 Å². The summed E-state index contributed by atoms with van der Waals surface area (Å²) in [7, 11) is 0. The molecule has 1 aromatic rings. The van der Waals surface area contributed by atoms with E-state index in [-0.39, 0.29) is 6.10 Å². The Bertz CT molecular complexity index is 317. The summed E-state index contributed by atoms with van der Waals surface area (Å²) < 4.78 is 1.95. The summed E-state index contributed by atoms with van der Waals surface area (Å²) in [6.07, 6.45) is 1.46. The zero-order valence-electron chi connectivity index (χ0n) is 9.30. The first-order chi connectivity index (χ1) is 7.15. The van der Waals surface area contributed by atoms with Crippen molar-refractivity contribution in [2.45, 2.75) is 33.0 Å². The third kappa shape index (κ3) is 2.54. The van der Waals surface area contributed by atoms with Gasteiger partial charge >= 0.3 is 0 Å². The number of aliphatic hydroxyl groups excluding tert-OH is 1. The molecule has 1 N–H and O–H groups in total. The van der Waals surface area contributed by atoms with Crippen molar-refractivity contribution in [2.75, 3.05) is 13.1 Å². The summed E-state index contributed by atoms with van der Waals surface area (Å²) in [6.45, 7) is 7.55. The van der Waals surface area contributed by atoms with Crippen molar-refractivity contribution in [3.05, 3.63) is 12.2 Å². The molecule has 5 nitrogen and oxygen atoms in total. The van der Waals surface area contributed by atoms with Crippen molar-refractivity contribution in [3.8, 4) is 0 Å². The van der Waals surface area contributed by atoms with Crippen LogP contribution in [0.25, 0.3) is 0 Å². The van der Waals surface area contributed by atoms with Crippen molar-refractivity contribution in [1.82, 2.24) is 19.7 Å². The summed E-state index contributed by atoms with van der Waals surface area (Å²) in [5, 5.41) is 13.4. The Labute approximate surface area is 89.7 Å². The highest BCUT2D eigenvalue weighted by atomic mass is 16.3. The van der Waals surface area contributed by atoms with Gasteiger partial charge in [0, 0.05) is 19.6 Å². The summed E-state index contributed by atoms with van der Waals surface area (Å²) in [6, 6.07) is 0. The molecule has 0 aromatic carbocycles. The molecule has 15 heavy (non-hydrogen) atoms. The van der Waals surface area contributed by atoms with Crippen LogP contribution in [-0.4, -0.2) is 44.0 Å². The summed E-state index contributed by atoms with van der Waals surface area (Å²) in [5.41, 5.74) is 0. The Morgan fingerprint density at radius 1 is 1.53 bits per heavy atom. The van der Waals surface area contributed by atoms with Crippen LogP contribution in [0.15, 0.2) is 6.33 Å². The van der Waals surface area contributed by atoms with Crippen LogP contribution >= 0.6 is 0 Å². The van der Waals surface area contributed by atoms with E-state index in [1.54, 1.807) is 6.33 Å². The van der Waals surface area contributed by atoms with Gasteiger partial charge in [0.1, 0.15) is 12.2 Å². The number of aromatic nitrogens is 3. The highest BCUT2D eigenvalue weighted by Crippen LogP contribution is 2.11. The van der Waals surface area contributed by atoms with Gasteiger partial charge in [0.2, 0.25) is 0 Å². The summed E-state index contributed by atoms with van der Waals surface area (Å²) in [4.78, 5) is 6.42. The van der Waals surface area contributed by atoms with Crippen LogP contribution in [0.1, 0.15) is 19.7 Å². The lowest BCUT2D eigenvalue weighted by Gasteiger charge is -2.35. The highest BCUT2D eigenvalue weighted by Gasteiger charge is 2.25. The topological polar surface area (TPSA) is 54.2 Å². The Morgan fingerprint density at radius 2 is 2.27 bits per heavy atom. The molecule has 0 radical (unpaired) electrons. The molecule has 1 aliphatic rings. The van der Waals surface area contributed by atoms with E-state index in [0.717, 1.165) is 32.0 Å². The second-order valence-corrected chi connectivity index (χ2v) is 4.60. The Hall–Kier alpha value is -0.940. The van der Waals surface area contributed by atoms with Crippen LogP contribution in [0.4, 0.5) is 0 Å². The van der Waals surface area contributed by atoms with E-state index in [4.69, 9.17) is 0 Å². The molecule has 1 fully saturated rings. The minimum Gasteiger partial charge on any atom is -0.390 e. The van der Waals surface area contributed by atoms with Gasteiger partial charge in [0.05, 0.1) is 12.6 Å². The van der Waals surface area contributed by atoms with E-state index in [1.807, 2.05) is 4.68 Å². The van der Waals surface area contributed by atoms with E-state index in [1.165, 1.54) is 0 Å². The van der Waals surface area contributed by atoms with Crippen molar-refractivity contribution >= 4 is 0 Å². The molecular weight excluding hydrogens is 192 g/mol. The monoisotopic (exact) mass is 210 g/mol. The van der Waals surface area contributed by atoms with Crippen LogP contribution in [-0.2, 0) is 13.1 Å².